The predicted molar refractivity (Wildman–Crippen MR) is 91.3 cm³/mol. The van der Waals surface area contributed by atoms with Gasteiger partial charge in [-0.2, -0.15) is 0 Å². The Labute approximate surface area is 136 Å². The molecule has 122 valence electrons. The minimum atomic E-state index is -0.419. The number of aromatic amines is 1. The molecule has 0 radical (unpaired) electrons. The van der Waals surface area contributed by atoms with Gasteiger partial charge in [0.25, 0.3) is 0 Å². The zero-order chi connectivity index (χ0) is 16.0. The molecule has 0 bridgehead atoms. The molecular weight excluding hydrogens is 288 g/mol. The van der Waals surface area contributed by atoms with E-state index in [1.807, 2.05) is 6.07 Å². The van der Waals surface area contributed by atoms with Crippen molar-refractivity contribution in [1.29, 1.82) is 0 Å². The number of benzene rings is 1. The molecule has 1 fully saturated rings. The highest BCUT2D eigenvalue weighted by atomic mass is 16.3. The molecule has 3 heterocycles. The SMILES string of the molecule is C/C=C1\CN2CCc3c([nH]c4ccccc34)[C@]2(CO)[C@H]1CCO. The van der Waals surface area contributed by atoms with Gasteiger partial charge in [-0.05, 0) is 31.4 Å². The standard InChI is InChI=1S/C19H24N2O2/c1-2-13-11-21-9-7-15-14-5-3-4-6-17(14)20-18(15)19(21,12-23)16(13)8-10-22/h2-6,16,20,22-23H,7-12H2,1H3/b13-2+/t16-,19-/m0/s1. The predicted octanol–water partition coefficient (Wildman–Crippen LogP) is 2.17. The molecule has 0 spiro atoms. The van der Waals surface area contributed by atoms with Gasteiger partial charge in [0.05, 0.1) is 12.1 Å². The van der Waals surface area contributed by atoms with E-state index in [0.717, 1.165) is 30.7 Å². The highest BCUT2D eigenvalue weighted by Gasteiger charge is 2.54. The molecule has 1 aromatic carbocycles. The van der Waals surface area contributed by atoms with Crippen LogP contribution in [-0.4, -0.2) is 46.4 Å². The maximum atomic E-state index is 10.5. The normalized spacial score (nSPS) is 29.2. The Morgan fingerprint density at radius 2 is 2.17 bits per heavy atom. The summed E-state index contributed by atoms with van der Waals surface area (Å²) in [6.45, 7) is 4.13. The third-order valence-electron chi connectivity index (χ3n) is 5.87. The van der Waals surface area contributed by atoms with Crippen LogP contribution in [0, 0.1) is 5.92 Å². The molecule has 2 aliphatic rings. The first-order valence-electron chi connectivity index (χ1n) is 8.48. The molecule has 2 aliphatic heterocycles. The number of fused-ring (bicyclic) bond motifs is 5. The van der Waals surface area contributed by atoms with Gasteiger partial charge in [0.15, 0.2) is 0 Å². The molecule has 0 aliphatic carbocycles. The number of hydrogen-bond donors (Lipinski definition) is 3. The van der Waals surface area contributed by atoms with Crippen molar-refractivity contribution in [1.82, 2.24) is 9.88 Å². The number of allylic oxidation sites excluding steroid dienone is 1. The lowest BCUT2D eigenvalue weighted by atomic mass is 9.75. The van der Waals surface area contributed by atoms with Crippen LogP contribution < -0.4 is 0 Å². The number of aromatic nitrogens is 1. The number of aliphatic hydroxyl groups is 2. The second-order valence-corrected chi connectivity index (χ2v) is 6.71. The first kappa shape index (κ1) is 14.9. The second kappa shape index (κ2) is 5.48. The van der Waals surface area contributed by atoms with Crippen LogP contribution in [0.1, 0.15) is 24.6 Å². The first-order chi connectivity index (χ1) is 11.3. The van der Waals surface area contributed by atoms with E-state index in [1.54, 1.807) is 0 Å². The van der Waals surface area contributed by atoms with E-state index in [-0.39, 0.29) is 19.1 Å². The summed E-state index contributed by atoms with van der Waals surface area (Å²) in [5.74, 6) is 0.162. The van der Waals surface area contributed by atoms with Crippen molar-refractivity contribution in [3.05, 3.63) is 47.2 Å². The zero-order valence-electron chi connectivity index (χ0n) is 13.5. The fourth-order valence-corrected chi connectivity index (χ4v) is 4.82. The van der Waals surface area contributed by atoms with E-state index in [1.165, 1.54) is 16.5 Å². The minimum Gasteiger partial charge on any atom is -0.396 e. The topological polar surface area (TPSA) is 59.5 Å². The summed E-state index contributed by atoms with van der Waals surface area (Å²) in [6.07, 6.45) is 3.86. The number of nitrogens with one attached hydrogen (secondary N) is 1. The van der Waals surface area contributed by atoms with E-state index in [9.17, 15) is 10.2 Å². The molecule has 2 aromatic rings. The van der Waals surface area contributed by atoms with Crippen LogP contribution in [0.5, 0.6) is 0 Å². The lowest BCUT2D eigenvalue weighted by Gasteiger charge is -2.44. The summed E-state index contributed by atoms with van der Waals surface area (Å²) >= 11 is 0. The van der Waals surface area contributed by atoms with Crippen molar-refractivity contribution >= 4 is 10.9 Å². The van der Waals surface area contributed by atoms with Gasteiger partial charge in [0, 0.05) is 42.2 Å². The highest BCUT2D eigenvalue weighted by molar-refractivity contribution is 5.85. The largest absolute Gasteiger partial charge is 0.396 e. The number of aliphatic hydroxyl groups excluding tert-OH is 2. The third kappa shape index (κ3) is 1.89. The van der Waals surface area contributed by atoms with E-state index < -0.39 is 5.54 Å². The van der Waals surface area contributed by atoms with Gasteiger partial charge < -0.3 is 15.2 Å². The van der Waals surface area contributed by atoms with E-state index in [0.29, 0.717) is 6.42 Å². The molecule has 4 heteroatoms. The van der Waals surface area contributed by atoms with Gasteiger partial charge in [0.1, 0.15) is 0 Å². The van der Waals surface area contributed by atoms with Crippen LogP contribution in [0.2, 0.25) is 0 Å². The van der Waals surface area contributed by atoms with Gasteiger partial charge in [-0.25, -0.2) is 0 Å². The maximum Gasteiger partial charge on any atom is 0.0918 e. The fourth-order valence-electron chi connectivity index (χ4n) is 4.82. The quantitative estimate of drug-likeness (QED) is 0.761. The lowest BCUT2D eigenvalue weighted by Crippen LogP contribution is -2.52. The number of H-pyrrole nitrogens is 1. The summed E-state index contributed by atoms with van der Waals surface area (Å²) in [6, 6.07) is 8.39. The summed E-state index contributed by atoms with van der Waals surface area (Å²) in [7, 11) is 0. The van der Waals surface area contributed by atoms with Crippen molar-refractivity contribution in [2.24, 2.45) is 5.92 Å². The smallest absolute Gasteiger partial charge is 0.0918 e. The average Bonchev–Trinajstić information content (AvgIpc) is 3.11. The second-order valence-electron chi connectivity index (χ2n) is 6.71. The van der Waals surface area contributed by atoms with Crippen molar-refractivity contribution < 1.29 is 10.2 Å². The number of para-hydroxylation sites is 1. The summed E-state index contributed by atoms with van der Waals surface area (Å²) in [4.78, 5) is 6.00. The molecular formula is C19H24N2O2. The Balaban J connectivity index is 1.96. The molecule has 2 atom stereocenters. The zero-order valence-corrected chi connectivity index (χ0v) is 13.5. The molecule has 0 saturated carbocycles. The minimum absolute atomic E-state index is 0.0782. The average molecular weight is 312 g/mol. The molecule has 1 saturated heterocycles. The van der Waals surface area contributed by atoms with Crippen LogP contribution >= 0.6 is 0 Å². The van der Waals surface area contributed by atoms with Crippen LogP contribution in [0.25, 0.3) is 10.9 Å². The Morgan fingerprint density at radius 1 is 1.35 bits per heavy atom. The van der Waals surface area contributed by atoms with Gasteiger partial charge in [0.2, 0.25) is 0 Å². The van der Waals surface area contributed by atoms with Crippen molar-refractivity contribution in [3.8, 4) is 0 Å². The van der Waals surface area contributed by atoms with Crippen molar-refractivity contribution in [2.75, 3.05) is 26.3 Å². The molecule has 3 N–H and O–H groups in total. The van der Waals surface area contributed by atoms with Crippen LogP contribution in [0.15, 0.2) is 35.9 Å². The monoisotopic (exact) mass is 312 g/mol. The maximum absolute atomic E-state index is 10.5. The fraction of sp³-hybridized carbons (Fsp3) is 0.474. The Morgan fingerprint density at radius 3 is 2.91 bits per heavy atom. The lowest BCUT2D eigenvalue weighted by molar-refractivity contribution is 0.0144. The van der Waals surface area contributed by atoms with Crippen LogP contribution in [0.4, 0.5) is 0 Å². The van der Waals surface area contributed by atoms with Gasteiger partial charge in [-0.1, -0.05) is 29.8 Å². The first-order valence-corrected chi connectivity index (χ1v) is 8.48. The Bertz CT molecular complexity index is 764. The molecule has 4 rings (SSSR count). The number of hydrogen-bond acceptors (Lipinski definition) is 3. The molecule has 1 aromatic heterocycles. The number of rotatable bonds is 3. The highest BCUT2D eigenvalue weighted by Crippen LogP contribution is 2.51. The summed E-state index contributed by atoms with van der Waals surface area (Å²) in [5.41, 5.74) is 4.55. The Hall–Kier alpha value is -1.62. The van der Waals surface area contributed by atoms with Crippen LogP contribution in [0.3, 0.4) is 0 Å². The molecule has 4 nitrogen and oxygen atoms in total. The van der Waals surface area contributed by atoms with E-state index in [4.69, 9.17) is 0 Å². The van der Waals surface area contributed by atoms with E-state index >= 15 is 0 Å². The van der Waals surface area contributed by atoms with Crippen molar-refractivity contribution in [2.45, 2.75) is 25.3 Å². The van der Waals surface area contributed by atoms with Gasteiger partial charge in [-0.3, -0.25) is 4.90 Å². The summed E-state index contributed by atoms with van der Waals surface area (Å²) in [5, 5.41) is 21.3. The van der Waals surface area contributed by atoms with E-state index in [2.05, 4.69) is 41.1 Å². The summed E-state index contributed by atoms with van der Waals surface area (Å²) < 4.78 is 0. The molecule has 0 unspecified atom stereocenters. The third-order valence-corrected chi connectivity index (χ3v) is 5.87. The van der Waals surface area contributed by atoms with Gasteiger partial charge in [-0.15, -0.1) is 0 Å². The molecule has 0 amide bonds. The van der Waals surface area contributed by atoms with Gasteiger partial charge >= 0.3 is 0 Å². The van der Waals surface area contributed by atoms with Crippen LogP contribution in [-0.2, 0) is 12.0 Å². The van der Waals surface area contributed by atoms with Crippen molar-refractivity contribution in [3.63, 3.8) is 0 Å². The molecule has 23 heavy (non-hydrogen) atoms. The number of nitrogens with zero attached hydrogens (tertiary/aromatic N) is 1. The Kier molecular flexibility index (Phi) is 3.56.